The quantitative estimate of drug-likeness (QED) is 0.428. The third kappa shape index (κ3) is 5.55. The van der Waals surface area contributed by atoms with Gasteiger partial charge in [-0.1, -0.05) is 30.3 Å². The maximum absolute atomic E-state index is 12.0. The molecule has 0 saturated carbocycles. The maximum Gasteiger partial charge on any atom is 0.358 e. The number of hydrogen-bond acceptors (Lipinski definition) is 7. The molecule has 0 spiro atoms. The van der Waals surface area contributed by atoms with Crippen molar-refractivity contribution in [1.82, 2.24) is 4.98 Å². The molecule has 0 aliphatic rings. The lowest BCUT2D eigenvalue weighted by atomic mass is 10.2. The summed E-state index contributed by atoms with van der Waals surface area (Å²) < 4.78 is 4.98. The van der Waals surface area contributed by atoms with Crippen molar-refractivity contribution in [2.24, 2.45) is 0 Å². The number of amides is 1. The van der Waals surface area contributed by atoms with Crippen LogP contribution in [0.15, 0.2) is 60.0 Å². The van der Waals surface area contributed by atoms with Gasteiger partial charge in [0, 0.05) is 17.6 Å². The van der Waals surface area contributed by atoms with Gasteiger partial charge in [0.1, 0.15) is 5.75 Å². The molecule has 8 heteroatoms. The number of benzene rings is 2. The fourth-order valence-corrected chi connectivity index (χ4v) is 2.85. The first-order valence-electron chi connectivity index (χ1n) is 8.09. The summed E-state index contributed by atoms with van der Waals surface area (Å²) >= 11 is 1.29. The number of thiazole rings is 1. The van der Waals surface area contributed by atoms with Crippen LogP contribution in [0.3, 0.4) is 0 Å². The Kier molecular flexibility index (Phi) is 6.01. The van der Waals surface area contributed by atoms with Gasteiger partial charge in [-0.25, -0.2) is 9.78 Å². The molecule has 3 aromatic rings. The zero-order valence-electron chi connectivity index (χ0n) is 14.2. The molecule has 7 nitrogen and oxygen atoms in total. The molecule has 27 heavy (non-hydrogen) atoms. The van der Waals surface area contributed by atoms with Gasteiger partial charge in [-0.2, -0.15) is 0 Å². The van der Waals surface area contributed by atoms with Crippen molar-refractivity contribution in [1.29, 1.82) is 0 Å². The van der Waals surface area contributed by atoms with E-state index >= 15 is 0 Å². The number of esters is 1. The second-order valence-electron chi connectivity index (χ2n) is 5.55. The van der Waals surface area contributed by atoms with Crippen LogP contribution in [0.2, 0.25) is 0 Å². The molecular formula is C19H17N3O4S. The molecule has 3 N–H and O–H groups in total. The third-order valence-corrected chi connectivity index (χ3v) is 4.29. The van der Waals surface area contributed by atoms with Crippen molar-refractivity contribution in [2.75, 3.05) is 17.2 Å². The van der Waals surface area contributed by atoms with E-state index in [4.69, 9.17) is 4.74 Å². The summed E-state index contributed by atoms with van der Waals surface area (Å²) in [5.41, 5.74) is 1.74. The van der Waals surface area contributed by atoms with Crippen molar-refractivity contribution in [3.8, 4) is 5.75 Å². The van der Waals surface area contributed by atoms with Crippen molar-refractivity contribution >= 4 is 34.0 Å². The average Bonchev–Trinajstić information content (AvgIpc) is 3.16. The predicted molar refractivity (Wildman–Crippen MR) is 103 cm³/mol. The van der Waals surface area contributed by atoms with Crippen LogP contribution in [-0.4, -0.2) is 28.6 Å². The predicted octanol–water partition coefficient (Wildman–Crippen LogP) is 3.26. The molecule has 0 aliphatic carbocycles. The van der Waals surface area contributed by atoms with Crippen LogP contribution in [0.4, 0.5) is 10.8 Å². The molecule has 3 rings (SSSR count). The van der Waals surface area contributed by atoms with Gasteiger partial charge >= 0.3 is 5.97 Å². The smallest absolute Gasteiger partial charge is 0.358 e. The Labute approximate surface area is 159 Å². The van der Waals surface area contributed by atoms with Gasteiger partial charge < -0.3 is 20.5 Å². The first kappa shape index (κ1) is 18.4. The molecule has 0 atom stereocenters. The number of phenols is 1. The molecule has 0 radical (unpaired) electrons. The lowest BCUT2D eigenvalue weighted by Crippen LogP contribution is -2.21. The van der Waals surface area contributed by atoms with Crippen LogP contribution in [0.1, 0.15) is 16.1 Å². The van der Waals surface area contributed by atoms with E-state index in [-0.39, 0.29) is 11.4 Å². The largest absolute Gasteiger partial charge is 0.508 e. The normalized spacial score (nSPS) is 10.2. The van der Waals surface area contributed by atoms with Crippen LogP contribution in [-0.2, 0) is 16.1 Å². The summed E-state index contributed by atoms with van der Waals surface area (Å²) in [4.78, 5) is 28.0. The van der Waals surface area contributed by atoms with Gasteiger partial charge in [0.2, 0.25) is 0 Å². The maximum atomic E-state index is 12.0. The zero-order chi connectivity index (χ0) is 19.1. The molecule has 1 heterocycles. The number of anilines is 2. The Morgan fingerprint density at radius 1 is 1.07 bits per heavy atom. The minimum absolute atomic E-state index is 0.0969. The standard InChI is InChI=1S/C19H17N3O4S/c23-15-8-6-14(7-9-15)21-17(24)11-26-18(25)16-12-27-19(22-16)20-10-13-4-2-1-3-5-13/h1-9,12,23H,10-11H2,(H,20,22)(H,21,24). The van der Waals surface area contributed by atoms with E-state index in [2.05, 4.69) is 15.6 Å². The summed E-state index contributed by atoms with van der Waals surface area (Å²) in [5.74, 6) is -1.05. The monoisotopic (exact) mass is 383 g/mol. The number of nitrogens with one attached hydrogen (secondary N) is 2. The molecular weight excluding hydrogens is 366 g/mol. The first-order valence-corrected chi connectivity index (χ1v) is 8.97. The van der Waals surface area contributed by atoms with Crippen LogP contribution < -0.4 is 10.6 Å². The minimum atomic E-state index is -0.667. The lowest BCUT2D eigenvalue weighted by Gasteiger charge is -2.06. The van der Waals surface area contributed by atoms with Crippen LogP contribution in [0, 0.1) is 0 Å². The first-order chi connectivity index (χ1) is 13.1. The van der Waals surface area contributed by atoms with Crippen molar-refractivity contribution in [3.05, 3.63) is 71.2 Å². The molecule has 1 amide bonds. The Hall–Kier alpha value is -3.39. The minimum Gasteiger partial charge on any atom is -0.508 e. The van der Waals surface area contributed by atoms with Gasteiger partial charge in [0.25, 0.3) is 5.91 Å². The number of hydrogen-bond donors (Lipinski definition) is 3. The van der Waals surface area contributed by atoms with E-state index in [1.165, 1.54) is 23.5 Å². The third-order valence-electron chi connectivity index (χ3n) is 3.49. The molecule has 0 bridgehead atoms. The van der Waals surface area contributed by atoms with Gasteiger partial charge in [-0.15, -0.1) is 11.3 Å². The van der Waals surface area contributed by atoms with Crippen LogP contribution in [0.5, 0.6) is 5.75 Å². The molecule has 138 valence electrons. The van der Waals surface area contributed by atoms with E-state index in [1.54, 1.807) is 17.5 Å². The zero-order valence-corrected chi connectivity index (χ0v) is 15.0. The van der Waals surface area contributed by atoms with Crippen molar-refractivity contribution < 1.29 is 19.4 Å². The number of rotatable bonds is 7. The van der Waals surface area contributed by atoms with Crippen LogP contribution in [0.25, 0.3) is 0 Å². The summed E-state index contributed by atoms with van der Waals surface area (Å²) in [5, 5.41) is 17.1. The fourth-order valence-electron chi connectivity index (χ4n) is 2.17. The summed E-state index contributed by atoms with van der Waals surface area (Å²) in [6.07, 6.45) is 0. The van der Waals surface area contributed by atoms with Crippen molar-refractivity contribution in [3.63, 3.8) is 0 Å². The Morgan fingerprint density at radius 3 is 2.56 bits per heavy atom. The average molecular weight is 383 g/mol. The highest BCUT2D eigenvalue weighted by molar-refractivity contribution is 7.13. The summed E-state index contributed by atoms with van der Waals surface area (Å²) in [6, 6.07) is 15.8. The number of nitrogens with zero attached hydrogens (tertiary/aromatic N) is 1. The Balaban J connectivity index is 1.46. The van der Waals surface area contributed by atoms with Crippen LogP contribution >= 0.6 is 11.3 Å². The fraction of sp³-hybridized carbons (Fsp3) is 0.105. The highest BCUT2D eigenvalue weighted by Crippen LogP contribution is 2.17. The van der Waals surface area contributed by atoms with E-state index in [0.29, 0.717) is 17.4 Å². The molecule has 0 aliphatic heterocycles. The second-order valence-corrected chi connectivity index (χ2v) is 6.41. The Morgan fingerprint density at radius 2 is 1.81 bits per heavy atom. The van der Waals surface area contributed by atoms with E-state index < -0.39 is 18.5 Å². The van der Waals surface area contributed by atoms with E-state index in [0.717, 1.165) is 5.56 Å². The van der Waals surface area contributed by atoms with Crippen molar-refractivity contribution in [2.45, 2.75) is 6.54 Å². The molecule has 0 saturated heterocycles. The number of carbonyl (C=O) groups is 2. The Bertz CT molecular complexity index is 910. The molecule has 0 unspecified atom stereocenters. The second kappa shape index (κ2) is 8.81. The summed E-state index contributed by atoms with van der Waals surface area (Å²) in [7, 11) is 0. The number of aromatic hydroxyl groups is 1. The molecule has 2 aromatic carbocycles. The van der Waals surface area contributed by atoms with E-state index in [9.17, 15) is 14.7 Å². The van der Waals surface area contributed by atoms with E-state index in [1.807, 2.05) is 30.3 Å². The molecule has 1 aromatic heterocycles. The number of aromatic nitrogens is 1. The number of ether oxygens (including phenoxy) is 1. The highest BCUT2D eigenvalue weighted by Gasteiger charge is 2.14. The summed E-state index contributed by atoms with van der Waals surface area (Å²) in [6.45, 7) is 0.169. The topological polar surface area (TPSA) is 101 Å². The van der Waals surface area contributed by atoms with Gasteiger partial charge in [0.15, 0.2) is 17.4 Å². The SMILES string of the molecule is O=C(COC(=O)c1csc(NCc2ccccc2)n1)Nc1ccc(O)cc1. The number of phenolic OH excluding ortho intramolecular Hbond substituents is 1. The number of carbonyl (C=O) groups excluding carboxylic acids is 2. The molecule has 0 fully saturated rings. The van der Waals surface area contributed by atoms with Gasteiger partial charge in [0.05, 0.1) is 0 Å². The van der Waals surface area contributed by atoms with Gasteiger partial charge in [-0.05, 0) is 29.8 Å². The van der Waals surface area contributed by atoms with Gasteiger partial charge in [-0.3, -0.25) is 4.79 Å². The highest BCUT2D eigenvalue weighted by atomic mass is 32.1. The lowest BCUT2D eigenvalue weighted by molar-refractivity contribution is -0.119.